The first-order valence-corrected chi connectivity index (χ1v) is 8.30. The molecule has 0 aromatic carbocycles. The van der Waals surface area contributed by atoms with E-state index in [0.717, 1.165) is 0 Å². The Hall–Kier alpha value is -1.02. The molecule has 0 fully saturated rings. The summed E-state index contributed by atoms with van der Waals surface area (Å²) in [6.45, 7) is 9.51. The molecule has 0 aliphatic carbocycles. The topological polar surface area (TPSA) is 48.9 Å². The fourth-order valence-corrected chi connectivity index (χ4v) is 2.16. The highest BCUT2D eigenvalue weighted by Gasteiger charge is 2.28. The normalized spacial score (nSPS) is 14.8. The van der Waals surface area contributed by atoms with Gasteiger partial charge in [-0.1, -0.05) is 20.8 Å². The summed E-state index contributed by atoms with van der Waals surface area (Å²) >= 11 is 0. The molecule has 0 rings (SSSR count). The molecule has 0 amide bonds. The van der Waals surface area contributed by atoms with Gasteiger partial charge < -0.3 is 15.4 Å². The van der Waals surface area contributed by atoms with Crippen molar-refractivity contribution in [3.8, 4) is 0 Å². The smallest absolute Gasteiger partial charge is 0.379 e. The molecule has 0 bridgehead atoms. The maximum Gasteiger partial charge on any atom is 0.401 e. The van der Waals surface area contributed by atoms with Crippen LogP contribution in [-0.2, 0) is 4.74 Å². The molecular formula is C16H33F3N4O. The van der Waals surface area contributed by atoms with Crippen LogP contribution in [0.3, 0.4) is 0 Å². The van der Waals surface area contributed by atoms with E-state index in [-0.39, 0.29) is 11.5 Å². The van der Waals surface area contributed by atoms with Crippen LogP contribution in [0.15, 0.2) is 4.99 Å². The van der Waals surface area contributed by atoms with Crippen molar-refractivity contribution in [2.45, 2.75) is 46.4 Å². The highest BCUT2D eigenvalue weighted by molar-refractivity contribution is 5.79. The summed E-state index contributed by atoms with van der Waals surface area (Å²) in [6, 6.07) is 0. The van der Waals surface area contributed by atoms with Gasteiger partial charge >= 0.3 is 6.18 Å². The fourth-order valence-electron chi connectivity index (χ4n) is 2.16. The van der Waals surface area contributed by atoms with Crippen molar-refractivity contribution < 1.29 is 17.9 Å². The standard InChI is InChI=1S/C16H33F3N4O/c1-7-20-14(22-11-13(24-6)15(2,3)4)21-9-8-10-23(5)12-16(17,18)19/h13H,7-12H2,1-6H3,(H2,20,21,22). The molecule has 5 nitrogen and oxygen atoms in total. The molecule has 0 spiro atoms. The van der Waals surface area contributed by atoms with E-state index in [1.165, 1.54) is 11.9 Å². The Kier molecular flexibility index (Phi) is 10.3. The van der Waals surface area contributed by atoms with Gasteiger partial charge in [0.1, 0.15) is 0 Å². The highest BCUT2D eigenvalue weighted by Crippen LogP contribution is 2.21. The van der Waals surface area contributed by atoms with Crippen LogP contribution >= 0.6 is 0 Å². The fraction of sp³-hybridized carbons (Fsp3) is 0.938. The van der Waals surface area contributed by atoms with Crippen molar-refractivity contribution in [3.05, 3.63) is 0 Å². The van der Waals surface area contributed by atoms with E-state index in [1.807, 2.05) is 6.92 Å². The van der Waals surface area contributed by atoms with E-state index in [9.17, 15) is 13.2 Å². The van der Waals surface area contributed by atoms with E-state index in [2.05, 4.69) is 36.4 Å². The predicted octanol–water partition coefficient (Wildman–Crippen LogP) is 2.49. The number of methoxy groups -OCH3 is 1. The highest BCUT2D eigenvalue weighted by atomic mass is 19.4. The van der Waals surface area contributed by atoms with Crippen molar-refractivity contribution >= 4 is 5.96 Å². The summed E-state index contributed by atoms with van der Waals surface area (Å²) in [5.74, 6) is 0.655. The molecule has 0 aliphatic rings. The van der Waals surface area contributed by atoms with Crippen LogP contribution in [0.1, 0.15) is 34.1 Å². The van der Waals surface area contributed by atoms with Crippen molar-refractivity contribution in [1.29, 1.82) is 0 Å². The number of halogens is 3. The molecule has 8 heteroatoms. The zero-order valence-electron chi connectivity index (χ0n) is 15.8. The van der Waals surface area contributed by atoms with E-state index >= 15 is 0 Å². The summed E-state index contributed by atoms with van der Waals surface area (Å²) in [4.78, 5) is 5.77. The second-order valence-electron chi connectivity index (χ2n) is 6.94. The summed E-state index contributed by atoms with van der Waals surface area (Å²) < 4.78 is 42.2. The first-order chi connectivity index (χ1) is 11.0. The van der Waals surface area contributed by atoms with Crippen LogP contribution in [0.4, 0.5) is 13.2 Å². The Labute approximate surface area is 144 Å². The predicted molar refractivity (Wildman–Crippen MR) is 92.4 cm³/mol. The molecule has 0 saturated heterocycles. The third-order valence-corrected chi connectivity index (χ3v) is 3.47. The van der Waals surface area contributed by atoms with Gasteiger partial charge in [0.2, 0.25) is 0 Å². The molecule has 1 atom stereocenters. The quantitative estimate of drug-likeness (QED) is 0.379. The Balaban J connectivity index is 4.31. The second kappa shape index (κ2) is 10.8. The Bertz CT molecular complexity index is 367. The number of hydrogen-bond donors (Lipinski definition) is 2. The number of nitrogens with zero attached hydrogens (tertiary/aromatic N) is 2. The molecular weight excluding hydrogens is 321 g/mol. The van der Waals surface area contributed by atoms with E-state index in [0.29, 0.717) is 38.6 Å². The summed E-state index contributed by atoms with van der Waals surface area (Å²) in [7, 11) is 3.14. The average Bonchev–Trinajstić information content (AvgIpc) is 2.40. The van der Waals surface area contributed by atoms with E-state index in [1.54, 1.807) is 7.11 Å². The zero-order chi connectivity index (χ0) is 18.8. The van der Waals surface area contributed by atoms with Gasteiger partial charge in [-0.05, 0) is 32.4 Å². The van der Waals surface area contributed by atoms with Crippen LogP contribution in [0.25, 0.3) is 0 Å². The van der Waals surface area contributed by atoms with Gasteiger partial charge in [-0.15, -0.1) is 0 Å². The van der Waals surface area contributed by atoms with Crippen LogP contribution in [0, 0.1) is 5.41 Å². The number of nitrogens with one attached hydrogen (secondary N) is 2. The van der Waals surface area contributed by atoms with Gasteiger partial charge in [0.25, 0.3) is 0 Å². The molecule has 1 unspecified atom stereocenters. The van der Waals surface area contributed by atoms with Crippen molar-refractivity contribution in [1.82, 2.24) is 15.5 Å². The number of alkyl halides is 3. The molecule has 24 heavy (non-hydrogen) atoms. The molecule has 144 valence electrons. The Morgan fingerprint density at radius 3 is 2.29 bits per heavy atom. The second-order valence-corrected chi connectivity index (χ2v) is 6.94. The van der Waals surface area contributed by atoms with Crippen LogP contribution < -0.4 is 10.6 Å². The average molecular weight is 354 g/mol. The lowest BCUT2D eigenvalue weighted by Gasteiger charge is -2.28. The molecule has 0 aromatic heterocycles. The number of hydrogen-bond acceptors (Lipinski definition) is 3. The van der Waals surface area contributed by atoms with Crippen LogP contribution in [0.2, 0.25) is 0 Å². The van der Waals surface area contributed by atoms with Crippen molar-refractivity contribution in [2.24, 2.45) is 10.4 Å². The summed E-state index contributed by atoms with van der Waals surface area (Å²) in [5, 5.41) is 6.27. The van der Waals surface area contributed by atoms with Gasteiger partial charge in [-0.2, -0.15) is 13.2 Å². The first kappa shape index (κ1) is 23.0. The third-order valence-electron chi connectivity index (χ3n) is 3.47. The van der Waals surface area contributed by atoms with Gasteiger partial charge in [0.15, 0.2) is 5.96 Å². The largest absolute Gasteiger partial charge is 0.401 e. The van der Waals surface area contributed by atoms with E-state index < -0.39 is 12.7 Å². The summed E-state index contributed by atoms with van der Waals surface area (Å²) in [6.07, 6.45) is -3.56. The van der Waals surface area contributed by atoms with Gasteiger partial charge in [-0.25, -0.2) is 0 Å². The lowest BCUT2D eigenvalue weighted by molar-refractivity contribution is -0.143. The molecule has 0 aromatic rings. The molecule has 2 N–H and O–H groups in total. The van der Waals surface area contributed by atoms with Crippen LogP contribution in [0.5, 0.6) is 0 Å². The maximum absolute atomic E-state index is 12.3. The minimum Gasteiger partial charge on any atom is -0.379 e. The molecule has 0 radical (unpaired) electrons. The lowest BCUT2D eigenvalue weighted by atomic mass is 9.89. The maximum atomic E-state index is 12.3. The van der Waals surface area contributed by atoms with Crippen molar-refractivity contribution in [2.75, 3.05) is 46.9 Å². The number of guanidine groups is 1. The SMILES string of the molecule is CCNC(=NCC(OC)C(C)(C)C)NCCCN(C)CC(F)(F)F. The van der Waals surface area contributed by atoms with Crippen molar-refractivity contribution in [3.63, 3.8) is 0 Å². The first-order valence-electron chi connectivity index (χ1n) is 8.30. The van der Waals surface area contributed by atoms with Crippen LogP contribution in [-0.4, -0.2) is 70.0 Å². The monoisotopic (exact) mass is 354 g/mol. The minimum atomic E-state index is -4.15. The molecule has 0 heterocycles. The Morgan fingerprint density at radius 1 is 1.21 bits per heavy atom. The minimum absolute atomic E-state index is 0.00845. The summed E-state index contributed by atoms with van der Waals surface area (Å²) in [5.41, 5.74) is -0.0180. The van der Waals surface area contributed by atoms with Gasteiger partial charge in [-0.3, -0.25) is 9.89 Å². The molecule has 0 saturated carbocycles. The van der Waals surface area contributed by atoms with Gasteiger partial charge in [0, 0.05) is 20.2 Å². The lowest BCUT2D eigenvalue weighted by Crippen LogP contribution is -2.40. The number of ether oxygens (including phenoxy) is 1. The molecule has 0 aliphatic heterocycles. The number of rotatable bonds is 9. The van der Waals surface area contributed by atoms with Gasteiger partial charge in [0.05, 0.1) is 19.2 Å². The Morgan fingerprint density at radius 2 is 1.83 bits per heavy atom. The van der Waals surface area contributed by atoms with E-state index in [4.69, 9.17) is 4.74 Å². The number of aliphatic imine (C=N–C) groups is 1. The zero-order valence-corrected chi connectivity index (χ0v) is 15.8. The third kappa shape index (κ3) is 11.5.